The Labute approximate surface area is 155 Å². The standard InChI is InChI=1S/C21H18N2O2S/c1-3-14-8-9-16-15(11-20(24)25-19(16)10-14)12-26-21-17-6-4-5-7-18(17)22-13(2)23-21/h4-11H,3,12H2,1-2H3. The summed E-state index contributed by atoms with van der Waals surface area (Å²) in [4.78, 5) is 21.1. The molecule has 5 heteroatoms. The zero-order valence-electron chi connectivity index (χ0n) is 14.7. The number of hydrogen-bond acceptors (Lipinski definition) is 5. The van der Waals surface area contributed by atoms with E-state index in [2.05, 4.69) is 23.0 Å². The van der Waals surface area contributed by atoms with Gasteiger partial charge in [0.25, 0.3) is 0 Å². The first-order valence-electron chi connectivity index (χ1n) is 8.56. The fourth-order valence-electron chi connectivity index (χ4n) is 3.03. The molecule has 2 heterocycles. The van der Waals surface area contributed by atoms with E-state index < -0.39 is 0 Å². The summed E-state index contributed by atoms with van der Waals surface area (Å²) in [7, 11) is 0. The minimum absolute atomic E-state index is 0.315. The van der Waals surface area contributed by atoms with Gasteiger partial charge in [-0.25, -0.2) is 14.8 Å². The van der Waals surface area contributed by atoms with Crippen LogP contribution in [0.4, 0.5) is 0 Å². The Kier molecular flexibility index (Phi) is 4.47. The van der Waals surface area contributed by atoms with Crippen LogP contribution in [0.5, 0.6) is 0 Å². The minimum atomic E-state index is -0.315. The molecule has 2 aromatic carbocycles. The number of fused-ring (bicyclic) bond motifs is 2. The monoisotopic (exact) mass is 362 g/mol. The van der Waals surface area contributed by atoms with E-state index in [1.807, 2.05) is 43.3 Å². The van der Waals surface area contributed by atoms with Gasteiger partial charge in [0.1, 0.15) is 16.4 Å². The highest BCUT2D eigenvalue weighted by atomic mass is 32.2. The van der Waals surface area contributed by atoms with E-state index in [1.54, 1.807) is 17.8 Å². The molecule has 0 radical (unpaired) electrons. The quantitative estimate of drug-likeness (QED) is 0.294. The van der Waals surface area contributed by atoms with Gasteiger partial charge in [-0.15, -0.1) is 11.8 Å². The molecule has 4 nitrogen and oxygen atoms in total. The number of para-hydroxylation sites is 1. The molecule has 0 amide bonds. The summed E-state index contributed by atoms with van der Waals surface area (Å²) in [6.45, 7) is 3.98. The summed E-state index contributed by atoms with van der Waals surface area (Å²) in [5.41, 5.74) is 3.39. The second-order valence-corrected chi connectivity index (χ2v) is 7.12. The molecule has 2 aromatic heterocycles. The molecular weight excluding hydrogens is 344 g/mol. The Morgan fingerprint density at radius 2 is 1.88 bits per heavy atom. The molecule has 0 unspecified atom stereocenters. The van der Waals surface area contributed by atoms with Crippen LogP contribution in [0.2, 0.25) is 0 Å². The number of hydrogen-bond donors (Lipinski definition) is 0. The van der Waals surface area contributed by atoms with Gasteiger partial charge in [0.2, 0.25) is 0 Å². The number of aryl methyl sites for hydroxylation is 2. The van der Waals surface area contributed by atoms with Gasteiger partial charge in [-0.3, -0.25) is 0 Å². The maximum absolute atomic E-state index is 12.0. The van der Waals surface area contributed by atoms with E-state index in [4.69, 9.17) is 4.42 Å². The van der Waals surface area contributed by atoms with Crippen molar-refractivity contribution in [2.24, 2.45) is 0 Å². The van der Waals surface area contributed by atoms with E-state index in [0.29, 0.717) is 11.3 Å². The fourth-order valence-corrected chi connectivity index (χ4v) is 4.08. The molecule has 0 aliphatic heterocycles. The summed E-state index contributed by atoms with van der Waals surface area (Å²) in [5, 5.41) is 2.94. The van der Waals surface area contributed by atoms with Crippen LogP contribution in [0.15, 0.2) is 62.8 Å². The van der Waals surface area contributed by atoms with Crippen molar-refractivity contribution >= 4 is 33.6 Å². The van der Waals surface area contributed by atoms with Crippen molar-refractivity contribution in [2.45, 2.75) is 31.0 Å². The van der Waals surface area contributed by atoms with Gasteiger partial charge < -0.3 is 4.42 Å². The van der Waals surface area contributed by atoms with E-state index in [1.165, 1.54) is 0 Å². The molecule has 0 aliphatic rings. The normalized spacial score (nSPS) is 11.3. The molecule has 0 N–H and O–H groups in total. The van der Waals surface area contributed by atoms with Crippen LogP contribution in [0, 0.1) is 6.92 Å². The second kappa shape index (κ2) is 6.92. The number of rotatable bonds is 4. The summed E-state index contributed by atoms with van der Waals surface area (Å²) < 4.78 is 5.40. The number of thioether (sulfide) groups is 1. The van der Waals surface area contributed by atoms with Crippen molar-refractivity contribution in [1.82, 2.24) is 9.97 Å². The van der Waals surface area contributed by atoms with Crippen LogP contribution in [0.3, 0.4) is 0 Å². The molecule has 4 aromatic rings. The maximum Gasteiger partial charge on any atom is 0.336 e. The first-order chi connectivity index (χ1) is 12.6. The van der Waals surface area contributed by atoms with Gasteiger partial charge in [0.15, 0.2) is 0 Å². The van der Waals surface area contributed by atoms with Crippen LogP contribution < -0.4 is 5.63 Å². The third-order valence-electron chi connectivity index (χ3n) is 4.35. The summed E-state index contributed by atoms with van der Waals surface area (Å²) in [6.07, 6.45) is 0.908. The zero-order chi connectivity index (χ0) is 18.1. The molecule has 0 fully saturated rings. The summed E-state index contributed by atoms with van der Waals surface area (Å²) in [5.74, 6) is 1.39. The van der Waals surface area contributed by atoms with Crippen molar-refractivity contribution in [3.63, 3.8) is 0 Å². The van der Waals surface area contributed by atoms with Crippen LogP contribution >= 0.6 is 11.8 Å². The molecule has 0 aliphatic carbocycles. The lowest BCUT2D eigenvalue weighted by Crippen LogP contribution is -2.01. The van der Waals surface area contributed by atoms with E-state index in [9.17, 15) is 4.79 Å². The minimum Gasteiger partial charge on any atom is -0.423 e. The maximum atomic E-state index is 12.0. The average molecular weight is 362 g/mol. The van der Waals surface area contributed by atoms with Gasteiger partial charge in [-0.05, 0) is 36.6 Å². The fraction of sp³-hybridized carbons (Fsp3) is 0.190. The predicted octanol–water partition coefficient (Wildman–Crippen LogP) is 4.90. The SMILES string of the molecule is CCc1ccc2c(CSc3nc(C)nc4ccccc34)cc(=O)oc2c1. The summed E-state index contributed by atoms with van der Waals surface area (Å²) >= 11 is 1.62. The largest absolute Gasteiger partial charge is 0.423 e. The molecule has 0 saturated heterocycles. The van der Waals surface area contributed by atoms with Gasteiger partial charge >= 0.3 is 5.63 Å². The van der Waals surface area contributed by atoms with Crippen molar-refractivity contribution in [3.8, 4) is 0 Å². The lowest BCUT2D eigenvalue weighted by atomic mass is 10.1. The molecule has 4 rings (SSSR count). The molecular formula is C21H18N2O2S. The Hall–Kier alpha value is -2.66. The predicted molar refractivity (Wildman–Crippen MR) is 106 cm³/mol. The third-order valence-corrected chi connectivity index (χ3v) is 5.39. The van der Waals surface area contributed by atoms with Gasteiger partial charge in [-0.2, -0.15) is 0 Å². The lowest BCUT2D eigenvalue weighted by molar-refractivity contribution is 0.559. The van der Waals surface area contributed by atoms with Gasteiger partial charge in [-0.1, -0.05) is 37.3 Å². The average Bonchev–Trinajstić information content (AvgIpc) is 2.65. The smallest absolute Gasteiger partial charge is 0.336 e. The molecule has 0 saturated carbocycles. The Bertz CT molecular complexity index is 1170. The van der Waals surface area contributed by atoms with Crippen LogP contribution in [-0.2, 0) is 12.2 Å². The zero-order valence-corrected chi connectivity index (χ0v) is 15.5. The molecule has 0 spiro atoms. The van der Waals surface area contributed by atoms with E-state index >= 15 is 0 Å². The van der Waals surface area contributed by atoms with Gasteiger partial charge in [0.05, 0.1) is 5.52 Å². The Morgan fingerprint density at radius 1 is 1.04 bits per heavy atom. The topological polar surface area (TPSA) is 56.0 Å². The Morgan fingerprint density at radius 3 is 2.73 bits per heavy atom. The van der Waals surface area contributed by atoms with E-state index in [0.717, 1.165) is 44.7 Å². The summed E-state index contributed by atoms with van der Waals surface area (Å²) in [6, 6.07) is 15.6. The molecule has 26 heavy (non-hydrogen) atoms. The second-order valence-electron chi connectivity index (χ2n) is 6.16. The number of nitrogens with zero attached hydrogens (tertiary/aromatic N) is 2. The van der Waals surface area contributed by atoms with Gasteiger partial charge in [0, 0.05) is 22.6 Å². The molecule has 0 bridgehead atoms. The Balaban J connectivity index is 1.74. The number of benzene rings is 2. The van der Waals surface area contributed by atoms with Crippen molar-refractivity contribution < 1.29 is 4.42 Å². The molecule has 0 atom stereocenters. The van der Waals surface area contributed by atoms with E-state index in [-0.39, 0.29) is 5.63 Å². The van der Waals surface area contributed by atoms with Crippen LogP contribution in [0.25, 0.3) is 21.9 Å². The highest BCUT2D eigenvalue weighted by Gasteiger charge is 2.10. The van der Waals surface area contributed by atoms with Crippen molar-refractivity contribution in [2.75, 3.05) is 0 Å². The number of aromatic nitrogens is 2. The third kappa shape index (κ3) is 3.22. The first kappa shape index (κ1) is 16.8. The van der Waals surface area contributed by atoms with Crippen LogP contribution in [0.1, 0.15) is 23.9 Å². The van der Waals surface area contributed by atoms with Crippen molar-refractivity contribution in [3.05, 3.63) is 75.9 Å². The lowest BCUT2D eigenvalue weighted by Gasteiger charge is -2.08. The molecule has 130 valence electrons. The van der Waals surface area contributed by atoms with Crippen molar-refractivity contribution in [1.29, 1.82) is 0 Å². The highest BCUT2D eigenvalue weighted by Crippen LogP contribution is 2.30. The highest BCUT2D eigenvalue weighted by molar-refractivity contribution is 7.98. The first-order valence-corrected chi connectivity index (χ1v) is 9.54. The van der Waals surface area contributed by atoms with Crippen LogP contribution in [-0.4, -0.2) is 9.97 Å².